The highest BCUT2D eigenvalue weighted by molar-refractivity contribution is 7.99. The molecule has 1 aliphatic heterocycles. The summed E-state index contributed by atoms with van der Waals surface area (Å²) in [4.78, 5) is 11.2. The van der Waals surface area contributed by atoms with Gasteiger partial charge in [-0.1, -0.05) is 0 Å². The van der Waals surface area contributed by atoms with Crippen molar-refractivity contribution in [3.8, 4) is 0 Å². The van der Waals surface area contributed by atoms with Gasteiger partial charge in [-0.15, -0.1) is 0 Å². The average Bonchev–Trinajstić information content (AvgIpc) is 2.29. The van der Waals surface area contributed by atoms with Crippen LogP contribution >= 0.6 is 11.8 Å². The van der Waals surface area contributed by atoms with Crippen LogP contribution in [0, 0.1) is 0 Å². The second-order valence-corrected chi connectivity index (χ2v) is 7.22. The minimum Gasteiger partial charge on any atom is -0.354 e. The quantitative estimate of drug-likeness (QED) is 0.662. The number of carbonyl (C=O) groups excluding carboxylic acids is 1. The summed E-state index contributed by atoms with van der Waals surface area (Å²) < 4.78 is 25.2. The van der Waals surface area contributed by atoms with Crippen LogP contribution in [0.1, 0.15) is 6.92 Å². The molecule has 0 aliphatic carbocycles. The van der Waals surface area contributed by atoms with Gasteiger partial charge in [0.15, 0.2) is 0 Å². The molecular formula is C9H19N3O3S2. The first-order valence-electron chi connectivity index (χ1n) is 5.52. The number of nitrogens with zero attached hydrogens (tertiary/aromatic N) is 1. The molecule has 1 amide bonds. The Morgan fingerprint density at radius 3 is 2.59 bits per heavy atom. The number of amides is 1. The summed E-state index contributed by atoms with van der Waals surface area (Å²) >= 11 is 1.76. The predicted molar refractivity (Wildman–Crippen MR) is 69.3 cm³/mol. The van der Waals surface area contributed by atoms with Crippen LogP contribution in [0.2, 0.25) is 0 Å². The molecule has 17 heavy (non-hydrogen) atoms. The van der Waals surface area contributed by atoms with Gasteiger partial charge >= 0.3 is 0 Å². The first kappa shape index (κ1) is 14.7. The third-order valence-electron chi connectivity index (χ3n) is 2.44. The Balaban J connectivity index is 2.36. The molecule has 0 aromatic rings. The molecule has 0 aromatic carbocycles. The van der Waals surface area contributed by atoms with Crippen LogP contribution in [-0.2, 0) is 14.8 Å². The number of rotatable bonds is 5. The van der Waals surface area contributed by atoms with Crippen molar-refractivity contribution in [3.63, 3.8) is 0 Å². The van der Waals surface area contributed by atoms with E-state index in [0.717, 1.165) is 11.5 Å². The number of sulfonamides is 1. The van der Waals surface area contributed by atoms with E-state index in [1.165, 1.54) is 4.31 Å². The molecule has 0 unspecified atom stereocenters. The minimum atomic E-state index is -3.24. The lowest BCUT2D eigenvalue weighted by molar-refractivity contribution is -0.121. The fraction of sp³-hybridized carbons (Fsp3) is 0.889. The van der Waals surface area contributed by atoms with Gasteiger partial charge in [-0.2, -0.15) is 11.8 Å². The van der Waals surface area contributed by atoms with Gasteiger partial charge in [0.05, 0.1) is 11.8 Å². The van der Waals surface area contributed by atoms with E-state index in [9.17, 15) is 13.2 Å². The number of nitrogens with one attached hydrogen (secondary N) is 1. The van der Waals surface area contributed by atoms with E-state index in [2.05, 4.69) is 5.32 Å². The van der Waals surface area contributed by atoms with Crippen molar-refractivity contribution in [1.29, 1.82) is 0 Å². The van der Waals surface area contributed by atoms with Crippen LogP contribution in [0.5, 0.6) is 0 Å². The van der Waals surface area contributed by atoms with Crippen LogP contribution in [0.25, 0.3) is 0 Å². The van der Waals surface area contributed by atoms with Crippen LogP contribution in [0.4, 0.5) is 0 Å². The van der Waals surface area contributed by atoms with E-state index >= 15 is 0 Å². The summed E-state index contributed by atoms with van der Waals surface area (Å²) in [7, 11) is -3.24. The Kier molecular flexibility index (Phi) is 5.71. The molecule has 8 heteroatoms. The maximum Gasteiger partial charge on any atom is 0.236 e. The predicted octanol–water partition coefficient (Wildman–Crippen LogP) is -1.17. The summed E-state index contributed by atoms with van der Waals surface area (Å²) in [6.45, 7) is 2.81. The van der Waals surface area contributed by atoms with E-state index in [1.807, 2.05) is 0 Å². The lowest BCUT2D eigenvalue weighted by Gasteiger charge is -2.25. The zero-order valence-electron chi connectivity index (χ0n) is 9.89. The lowest BCUT2D eigenvalue weighted by Crippen LogP contribution is -2.44. The zero-order chi connectivity index (χ0) is 12.9. The molecule has 0 spiro atoms. The summed E-state index contributed by atoms with van der Waals surface area (Å²) in [5, 5.41) is 2.50. The molecule has 1 atom stereocenters. The molecule has 1 aliphatic rings. The van der Waals surface area contributed by atoms with Gasteiger partial charge in [0, 0.05) is 31.1 Å². The van der Waals surface area contributed by atoms with Crippen molar-refractivity contribution in [1.82, 2.24) is 9.62 Å². The van der Waals surface area contributed by atoms with Gasteiger partial charge in [0.25, 0.3) is 0 Å². The highest BCUT2D eigenvalue weighted by Gasteiger charge is 2.23. The number of nitrogens with two attached hydrogens (primary N) is 1. The van der Waals surface area contributed by atoms with Crippen molar-refractivity contribution < 1.29 is 13.2 Å². The Morgan fingerprint density at radius 1 is 1.47 bits per heavy atom. The van der Waals surface area contributed by atoms with Crippen LogP contribution in [0.3, 0.4) is 0 Å². The molecule has 1 saturated heterocycles. The monoisotopic (exact) mass is 281 g/mol. The number of thioether (sulfide) groups is 1. The molecule has 6 nitrogen and oxygen atoms in total. The molecule has 3 N–H and O–H groups in total. The van der Waals surface area contributed by atoms with Gasteiger partial charge < -0.3 is 11.1 Å². The highest BCUT2D eigenvalue weighted by atomic mass is 32.2. The Morgan fingerprint density at radius 2 is 2.06 bits per heavy atom. The second kappa shape index (κ2) is 6.58. The second-order valence-electron chi connectivity index (χ2n) is 3.91. The molecular weight excluding hydrogens is 262 g/mol. The van der Waals surface area contributed by atoms with E-state index in [1.54, 1.807) is 18.7 Å². The van der Waals surface area contributed by atoms with Crippen molar-refractivity contribution in [2.24, 2.45) is 5.73 Å². The van der Waals surface area contributed by atoms with Crippen LogP contribution in [-0.4, -0.2) is 61.6 Å². The summed E-state index contributed by atoms with van der Waals surface area (Å²) in [5.41, 5.74) is 5.35. The SMILES string of the molecule is C[C@H](N)C(=O)NCCS(=O)(=O)N1CCSCC1. The average molecular weight is 281 g/mol. The van der Waals surface area contributed by atoms with E-state index < -0.39 is 16.1 Å². The normalized spacial score (nSPS) is 19.9. The largest absolute Gasteiger partial charge is 0.354 e. The van der Waals surface area contributed by atoms with Crippen LogP contribution < -0.4 is 11.1 Å². The highest BCUT2D eigenvalue weighted by Crippen LogP contribution is 2.12. The van der Waals surface area contributed by atoms with Crippen molar-refractivity contribution >= 4 is 27.7 Å². The summed E-state index contributed by atoms with van der Waals surface area (Å²) in [6, 6.07) is -0.607. The number of carbonyl (C=O) groups is 1. The molecule has 1 rings (SSSR count). The maximum atomic E-state index is 11.9. The molecule has 1 heterocycles. The van der Waals surface area contributed by atoms with Gasteiger partial charge in [-0.25, -0.2) is 12.7 Å². The van der Waals surface area contributed by atoms with Gasteiger partial charge in [0.2, 0.25) is 15.9 Å². The molecule has 100 valence electrons. The Hall–Kier alpha value is -0.310. The van der Waals surface area contributed by atoms with E-state index in [-0.39, 0.29) is 18.2 Å². The first-order chi connectivity index (χ1) is 7.93. The smallest absolute Gasteiger partial charge is 0.236 e. The maximum absolute atomic E-state index is 11.9. The van der Waals surface area contributed by atoms with E-state index in [4.69, 9.17) is 5.73 Å². The number of hydrogen-bond donors (Lipinski definition) is 2. The van der Waals surface area contributed by atoms with Gasteiger partial charge in [-0.3, -0.25) is 4.79 Å². The Bertz CT molecular complexity index is 350. The molecule has 0 aromatic heterocycles. The summed E-state index contributed by atoms with van der Waals surface area (Å²) in [6.07, 6.45) is 0. The fourth-order valence-electron chi connectivity index (χ4n) is 1.42. The molecule has 0 radical (unpaired) electrons. The minimum absolute atomic E-state index is 0.0594. The van der Waals surface area contributed by atoms with E-state index in [0.29, 0.717) is 13.1 Å². The van der Waals surface area contributed by atoms with Crippen molar-refractivity contribution in [3.05, 3.63) is 0 Å². The van der Waals surface area contributed by atoms with Crippen LogP contribution in [0.15, 0.2) is 0 Å². The standard InChI is InChI=1S/C9H19N3O3S2/c1-8(10)9(13)11-2-7-17(14,15)12-3-5-16-6-4-12/h8H,2-7,10H2,1H3,(H,11,13)/t8-/m0/s1. The first-order valence-corrected chi connectivity index (χ1v) is 8.29. The molecule has 0 saturated carbocycles. The third kappa shape index (κ3) is 4.82. The van der Waals surface area contributed by atoms with Crippen molar-refractivity contribution in [2.45, 2.75) is 13.0 Å². The molecule has 0 bridgehead atoms. The zero-order valence-corrected chi connectivity index (χ0v) is 11.5. The lowest BCUT2D eigenvalue weighted by atomic mass is 10.3. The van der Waals surface area contributed by atoms with Crippen molar-refractivity contribution in [2.75, 3.05) is 36.9 Å². The fourth-order valence-corrected chi connectivity index (χ4v) is 3.91. The Labute approximate surface area is 106 Å². The van der Waals surface area contributed by atoms with Gasteiger partial charge in [-0.05, 0) is 6.92 Å². The summed E-state index contributed by atoms with van der Waals surface area (Å²) in [5.74, 6) is 1.29. The topological polar surface area (TPSA) is 92.5 Å². The number of hydrogen-bond acceptors (Lipinski definition) is 5. The molecule has 1 fully saturated rings. The third-order valence-corrected chi connectivity index (χ3v) is 5.25. The van der Waals surface area contributed by atoms with Gasteiger partial charge in [0.1, 0.15) is 0 Å².